The van der Waals surface area contributed by atoms with Crippen LogP contribution in [0, 0.1) is 24.5 Å². The van der Waals surface area contributed by atoms with Gasteiger partial charge in [-0.25, -0.2) is 8.78 Å². The minimum Gasteiger partial charge on any atom is -0.310 e. The zero-order valence-corrected chi connectivity index (χ0v) is 11.1. The lowest BCUT2D eigenvalue weighted by molar-refractivity contribution is 0.441. The molecule has 18 heavy (non-hydrogen) atoms. The molecule has 0 amide bonds. The maximum atomic E-state index is 13.8. The molecule has 1 aliphatic rings. The van der Waals surface area contributed by atoms with Gasteiger partial charge in [0.15, 0.2) is 0 Å². The van der Waals surface area contributed by atoms with Crippen LogP contribution >= 0.6 is 0 Å². The van der Waals surface area contributed by atoms with E-state index in [9.17, 15) is 8.78 Å². The molecule has 1 aromatic carbocycles. The van der Waals surface area contributed by atoms with Crippen LogP contribution in [0.2, 0.25) is 0 Å². The third-order valence-electron chi connectivity index (χ3n) is 3.93. The van der Waals surface area contributed by atoms with Crippen molar-refractivity contribution in [2.24, 2.45) is 5.92 Å². The van der Waals surface area contributed by atoms with E-state index in [0.29, 0.717) is 17.0 Å². The highest BCUT2D eigenvalue weighted by molar-refractivity contribution is 5.27. The molecule has 1 atom stereocenters. The summed E-state index contributed by atoms with van der Waals surface area (Å²) in [4.78, 5) is 0. The fourth-order valence-electron chi connectivity index (χ4n) is 2.66. The monoisotopic (exact) mass is 253 g/mol. The Kier molecular flexibility index (Phi) is 4.33. The summed E-state index contributed by atoms with van der Waals surface area (Å²) in [6, 6.07) is 2.45. The lowest BCUT2D eigenvalue weighted by atomic mass is 10.0. The number of aryl methyl sites for hydroxylation is 1. The van der Waals surface area contributed by atoms with E-state index in [2.05, 4.69) is 5.32 Å². The first-order valence-corrected chi connectivity index (χ1v) is 6.77. The molecule has 0 aliphatic heterocycles. The second-order valence-corrected chi connectivity index (χ2v) is 5.40. The highest BCUT2D eigenvalue weighted by Gasteiger charge is 2.18. The largest absolute Gasteiger partial charge is 0.310 e. The van der Waals surface area contributed by atoms with Crippen molar-refractivity contribution in [3.8, 4) is 0 Å². The number of rotatable bonds is 4. The Bertz CT molecular complexity index is 411. The molecule has 3 heteroatoms. The Morgan fingerprint density at radius 2 is 1.89 bits per heavy atom. The predicted molar refractivity (Wildman–Crippen MR) is 69.5 cm³/mol. The molecule has 1 aliphatic carbocycles. The maximum Gasteiger partial charge on any atom is 0.128 e. The minimum atomic E-state index is -0.332. The number of halogens is 2. The summed E-state index contributed by atoms with van der Waals surface area (Å²) >= 11 is 0. The van der Waals surface area contributed by atoms with E-state index >= 15 is 0 Å². The lowest BCUT2D eigenvalue weighted by Crippen LogP contribution is -2.25. The zero-order valence-electron chi connectivity index (χ0n) is 11.1. The summed E-state index contributed by atoms with van der Waals surface area (Å²) in [5.41, 5.74) is 0.787. The molecule has 1 nitrogen and oxygen atoms in total. The van der Waals surface area contributed by atoms with Crippen molar-refractivity contribution in [1.82, 2.24) is 5.32 Å². The summed E-state index contributed by atoms with van der Waals surface area (Å²) in [5, 5.41) is 3.32. The van der Waals surface area contributed by atoms with Crippen LogP contribution < -0.4 is 5.32 Å². The summed E-state index contributed by atoms with van der Waals surface area (Å²) in [6.07, 6.45) is 5.11. The molecule has 0 saturated heterocycles. The fourth-order valence-corrected chi connectivity index (χ4v) is 2.66. The highest BCUT2D eigenvalue weighted by atomic mass is 19.1. The van der Waals surface area contributed by atoms with E-state index in [0.717, 1.165) is 6.54 Å². The molecule has 1 fully saturated rings. The van der Waals surface area contributed by atoms with Gasteiger partial charge >= 0.3 is 0 Å². The Morgan fingerprint density at radius 1 is 1.22 bits per heavy atom. The number of hydrogen-bond acceptors (Lipinski definition) is 1. The van der Waals surface area contributed by atoms with E-state index in [1.165, 1.54) is 37.8 Å². The topological polar surface area (TPSA) is 12.0 Å². The van der Waals surface area contributed by atoms with Gasteiger partial charge in [0.2, 0.25) is 0 Å². The molecular formula is C15H21F2N. The quantitative estimate of drug-likeness (QED) is 0.851. The van der Waals surface area contributed by atoms with E-state index < -0.39 is 0 Å². The van der Waals surface area contributed by atoms with Crippen LogP contribution in [0.15, 0.2) is 12.1 Å². The molecule has 1 aromatic rings. The molecule has 1 saturated carbocycles. The van der Waals surface area contributed by atoms with E-state index in [1.54, 1.807) is 6.92 Å². The van der Waals surface area contributed by atoms with Gasteiger partial charge in [-0.1, -0.05) is 12.8 Å². The molecule has 100 valence electrons. The second kappa shape index (κ2) is 5.79. The lowest BCUT2D eigenvalue weighted by Gasteiger charge is -2.18. The summed E-state index contributed by atoms with van der Waals surface area (Å²) in [6.45, 7) is 4.37. The average molecular weight is 253 g/mol. The average Bonchev–Trinajstić information content (AvgIpc) is 2.84. The fraction of sp³-hybridized carbons (Fsp3) is 0.600. The predicted octanol–water partition coefficient (Wildman–Crippen LogP) is 4.11. The Hall–Kier alpha value is -0.960. The van der Waals surface area contributed by atoms with Crippen molar-refractivity contribution < 1.29 is 8.78 Å². The number of hydrogen-bond donors (Lipinski definition) is 1. The van der Waals surface area contributed by atoms with Gasteiger partial charge in [-0.15, -0.1) is 0 Å². The second-order valence-electron chi connectivity index (χ2n) is 5.40. The van der Waals surface area contributed by atoms with Crippen molar-refractivity contribution in [1.29, 1.82) is 0 Å². The van der Waals surface area contributed by atoms with Crippen molar-refractivity contribution in [3.05, 3.63) is 34.9 Å². The third-order valence-corrected chi connectivity index (χ3v) is 3.93. The normalized spacial score (nSPS) is 18.2. The maximum absolute atomic E-state index is 13.8. The number of benzene rings is 1. The smallest absolute Gasteiger partial charge is 0.128 e. The first-order valence-electron chi connectivity index (χ1n) is 6.77. The van der Waals surface area contributed by atoms with Crippen LogP contribution in [0.3, 0.4) is 0 Å². The first-order chi connectivity index (χ1) is 8.58. The van der Waals surface area contributed by atoms with Crippen LogP contribution in [-0.4, -0.2) is 6.54 Å². The molecule has 0 heterocycles. The van der Waals surface area contributed by atoms with Gasteiger partial charge in [-0.2, -0.15) is 0 Å². The van der Waals surface area contributed by atoms with Crippen LogP contribution in [0.5, 0.6) is 0 Å². The standard InChI is InChI=1S/C15H21F2N/c1-10-7-15(17)13(8-14(10)16)11(2)18-9-12-5-3-4-6-12/h7-8,11-12,18H,3-6,9H2,1-2H3. The van der Waals surface area contributed by atoms with Gasteiger partial charge < -0.3 is 5.32 Å². The van der Waals surface area contributed by atoms with Crippen molar-refractivity contribution >= 4 is 0 Å². The summed E-state index contributed by atoms with van der Waals surface area (Å²) in [5.74, 6) is 0.0482. The van der Waals surface area contributed by atoms with Crippen LogP contribution in [0.25, 0.3) is 0 Å². The van der Waals surface area contributed by atoms with Gasteiger partial charge in [0.25, 0.3) is 0 Å². The Morgan fingerprint density at radius 3 is 2.56 bits per heavy atom. The molecular weight excluding hydrogens is 232 g/mol. The molecule has 0 aromatic heterocycles. The van der Waals surface area contributed by atoms with E-state index in [4.69, 9.17) is 0 Å². The SMILES string of the molecule is Cc1cc(F)c(C(C)NCC2CCCC2)cc1F. The van der Waals surface area contributed by atoms with Gasteiger partial charge in [0.05, 0.1) is 0 Å². The molecule has 0 spiro atoms. The molecule has 0 bridgehead atoms. The number of nitrogens with one attached hydrogen (secondary N) is 1. The van der Waals surface area contributed by atoms with Gasteiger partial charge in [-0.3, -0.25) is 0 Å². The highest BCUT2D eigenvalue weighted by Crippen LogP contribution is 2.25. The minimum absolute atomic E-state index is 0.138. The molecule has 1 N–H and O–H groups in total. The molecule has 1 unspecified atom stereocenters. The van der Waals surface area contributed by atoms with Crippen molar-refractivity contribution in [2.45, 2.75) is 45.6 Å². The Balaban J connectivity index is 1.99. The first kappa shape index (κ1) is 13.5. The van der Waals surface area contributed by atoms with E-state index in [-0.39, 0.29) is 17.7 Å². The summed E-state index contributed by atoms with van der Waals surface area (Å²) < 4.78 is 27.2. The van der Waals surface area contributed by atoms with Crippen molar-refractivity contribution in [3.63, 3.8) is 0 Å². The van der Waals surface area contributed by atoms with E-state index in [1.807, 2.05) is 6.92 Å². The summed E-state index contributed by atoms with van der Waals surface area (Å²) in [7, 11) is 0. The van der Waals surface area contributed by atoms with Gasteiger partial charge in [0, 0.05) is 11.6 Å². The Labute approximate surface area is 108 Å². The van der Waals surface area contributed by atoms with Crippen molar-refractivity contribution in [2.75, 3.05) is 6.54 Å². The van der Waals surface area contributed by atoms with Gasteiger partial charge in [-0.05, 0) is 56.8 Å². The molecule has 0 radical (unpaired) electrons. The van der Waals surface area contributed by atoms with Crippen LogP contribution in [0.1, 0.15) is 49.8 Å². The van der Waals surface area contributed by atoms with Gasteiger partial charge in [0.1, 0.15) is 11.6 Å². The van der Waals surface area contributed by atoms with Crippen LogP contribution in [0.4, 0.5) is 8.78 Å². The van der Waals surface area contributed by atoms with Crippen LogP contribution in [-0.2, 0) is 0 Å². The third kappa shape index (κ3) is 3.08. The molecule has 2 rings (SSSR count). The zero-order chi connectivity index (χ0) is 13.1.